The van der Waals surface area contributed by atoms with Crippen LogP contribution in [0.4, 0.5) is 16.5 Å². The zero-order valence-electron chi connectivity index (χ0n) is 16.8. The van der Waals surface area contributed by atoms with Gasteiger partial charge < -0.3 is 16.0 Å². The third-order valence-electron chi connectivity index (χ3n) is 5.21. The Hall–Kier alpha value is -3.38. The van der Waals surface area contributed by atoms with E-state index in [2.05, 4.69) is 26.4 Å². The monoisotopic (exact) mass is 421 g/mol. The summed E-state index contributed by atoms with van der Waals surface area (Å²) in [4.78, 5) is 19.7. The van der Waals surface area contributed by atoms with Gasteiger partial charge in [-0.2, -0.15) is 10.4 Å². The Morgan fingerprint density at radius 2 is 1.97 bits per heavy atom. The molecule has 0 radical (unpaired) electrons. The maximum atomic E-state index is 13.0. The fourth-order valence-corrected chi connectivity index (χ4v) is 4.60. The summed E-state index contributed by atoms with van der Waals surface area (Å²) in [6.45, 7) is 1.88. The Bertz CT molecular complexity index is 1100. The average molecular weight is 422 g/mol. The van der Waals surface area contributed by atoms with Crippen LogP contribution < -0.4 is 16.0 Å². The van der Waals surface area contributed by atoms with Crippen molar-refractivity contribution in [3.05, 3.63) is 41.7 Å². The highest BCUT2D eigenvalue weighted by Crippen LogP contribution is 2.33. The van der Waals surface area contributed by atoms with Gasteiger partial charge in [0.15, 0.2) is 11.5 Å². The van der Waals surface area contributed by atoms with E-state index < -0.39 is 0 Å². The number of hydrogen-bond donors (Lipinski definition) is 2. The number of benzene rings is 1. The van der Waals surface area contributed by atoms with Crippen LogP contribution in [0.1, 0.15) is 41.7 Å². The number of aromatic nitrogens is 3. The molecule has 30 heavy (non-hydrogen) atoms. The zero-order chi connectivity index (χ0) is 21.1. The second-order valence-corrected chi connectivity index (χ2v) is 8.28. The van der Waals surface area contributed by atoms with Crippen molar-refractivity contribution in [3.8, 4) is 16.6 Å². The zero-order valence-corrected chi connectivity index (χ0v) is 17.6. The smallest absolute Gasteiger partial charge is 0.277 e. The minimum Gasteiger partial charge on any atom is -0.389 e. The highest BCUT2D eigenvalue weighted by molar-refractivity contribution is 7.19. The molecule has 2 aromatic heterocycles. The summed E-state index contributed by atoms with van der Waals surface area (Å²) in [5.74, 6) is 0.516. The molecule has 3 N–H and O–H groups in total. The highest BCUT2D eigenvalue weighted by atomic mass is 32.1. The SMILES string of the molecule is Cn1ncc(NC(=O)c2nc(-c3ccccc3C#N)sc2N)c1N1CCCCCC1. The molecule has 0 aliphatic carbocycles. The number of nitrogens with two attached hydrogens (primary N) is 1. The molecule has 0 unspecified atom stereocenters. The summed E-state index contributed by atoms with van der Waals surface area (Å²) < 4.78 is 1.79. The maximum Gasteiger partial charge on any atom is 0.277 e. The Labute approximate surface area is 178 Å². The van der Waals surface area contributed by atoms with Crippen molar-refractivity contribution in [2.75, 3.05) is 29.0 Å². The topological polar surface area (TPSA) is 113 Å². The molecule has 1 saturated heterocycles. The van der Waals surface area contributed by atoms with E-state index in [1.54, 1.807) is 29.1 Å². The Morgan fingerprint density at radius 1 is 1.23 bits per heavy atom. The molecule has 0 bridgehead atoms. The standard InChI is InChI=1S/C21H23N7OS/c1-27-21(28-10-6-2-3-7-11-28)16(13-24-27)25-19(29)17-18(23)30-20(26-17)15-9-5-4-8-14(15)12-22/h4-5,8-9,13H,2-3,6-7,10-11,23H2,1H3,(H,25,29). The third-order valence-corrected chi connectivity index (χ3v) is 6.13. The predicted octanol–water partition coefficient (Wildman–Crippen LogP) is 3.63. The molecule has 9 heteroatoms. The first-order chi connectivity index (χ1) is 14.6. The van der Waals surface area contributed by atoms with E-state index >= 15 is 0 Å². The van der Waals surface area contributed by atoms with Gasteiger partial charge in [-0.1, -0.05) is 42.4 Å². The summed E-state index contributed by atoms with van der Waals surface area (Å²) >= 11 is 1.20. The first-order valence-corrected chi connectivity index (χ1v) is 10.7. The van der Waals surface area contributed by atoms with Crippen LogP contribution in [0.2, 0.25) is 0 Å². The molecule has 4 rings (SSSR count). The minimum absolute atomic E-state index is 0.161. The number of carbonyl (C=O) groups excluding carboxylic acids is 1. The van der Waals surface area contributed by atoms with Gasteiger partial charge in [-0.3, -0.25) is 9.48 Å². The molecule has 0 atom stereocenters. The molecule has 0 saturated carbocycles. The number of nitrogen functional groups attached to an aromatic ring is 1. The molecule has 154 valence electrons. The van der Waals surface area contributed by atoms with Gasteiger partial charge >= 0.3 is 0 Å². The van der Waals surface area contributed by atoms with Crippen LogP contribution in [0.5, 0.6) is 0 Å². The number of amides is 1. The molecule has 3 heterocycles. The Morgan fingerprint density at radius 3 is 2.70 bits per heavy atom. The van der Waals surface area contributed by atoms with Gasteiger partial charge in [0.25, 0.3) is 5.91 Å². The lowest BCUT2D eigenvalue weighted by Crippen LogP contribution is -2.27. The van der Waals surface area contributed by atoms with Crippen LogP contribution in [0.3, 0.4) is 0 Å². The number of thiazole rings is 1. The number of nitriles is 1. The maximum absolute atomic E-state index is 13.0. The number of nitrogens with one attached hydrogen (secondary N) is 1. The normalized spacial score (nSPS) is 14.2. The number of hydrogen-bond acceptors (Lipinski definition) is 7. The first-order valence-electron chi connectivity index (χ1n) is 9.92. The molecule has 8 nitrogen and oxygen atoms in total. The van der Waals surface area contributed by atoms with Gasteiger partial charge in [0, 0.05) is 25.7 Å². The number of aryl methyl sites for hydroxylation is 1. The van der Waals surface area contributed by atoms with E-state index in [1.165, 1.54) is 24.2 Å². The summed E-state index contributed by atoms with van der Waals surface area (Å²) in [6.07, 6.45) is 6.35. The van der Waals surface area contributed by atoms with Crippen LogP contribution in [-0.2, 0) is 7.05 Å². The first kappa shape index (κ1) is 19.9. The van der Waals surface area contributed by atoms with Crippen LogP contribution in [-0.4, -0.2) is 33.8 Å². The van der Waals surface area contributed by atoms with Gasteiger partial charge in [-0.05, 0) is 18.9 Å². The van der Waals surface area contributed by atoms with Crippen molar-refractivity contribution in [3.63, 3.8) is 0 Å². The van der Waals surface area contributed by atoms with Gasteiger partial charge in [-0.25, -0.2) is 4.98 Å². The number of nitrogens with zero attached hydrogens (tertiary/aromatic N) is 5. The van der Waals surface area contributed by atoms with E-state index in [1.807, 2.05) is 13.1 Å². The van der Waals surface area contributed by atoms with Crippen molar-refractivity contribution in [1.29, 1.82) is 5.26 Å². The molecule has 1 aliphatic heterocycles. The van der Waals surface area contributed by atoms with Crippen LogP contribution in [0.15, 0.2) is 30.5 Å². The second-order valence-electron chi connectivity index (χ2n) is 7.25. The van der Waals surface area contributed by atoms with E-state index in [4.69, 9.17) is 5.73 Å². The quantitative estimate of drug-likeness (QED) is 0.665. The van der Waals surface area contributed by atoms with Crippen molar-refractivity contribution >= 4 is 33.8 Å². The summed E-state index contributed by atoms with van der Waals surface area (Å²) in [7, 11) is 1.88. The van der Waals surface area contributed by atoms with E-state index in [-0.39, 0.29) is 11.6 Å². The Balaban J connectivity index is 1.60. The molecular formula is C21H23N7OS. The van der Waals surface area contributed by atoms with Crippen molar-refractivity contribution in [2.45, 2.75) is 25.7 Å². The van der Waals surface area contributed by atoms with Crippen LogP contribution in [0.25, 0.3) is 10.6 Å². The largest absolute Gasteiger partial charge is 0.389 e. The fourth-order valence-electron chi connectivity index (χ4n) is 3.74. The average Bonchev–Trinajstić information content (AvgIpc) is 3.19. The second kappa shape index (κ2) is 8.55. The van der Waals surface area contributed by atoms with Gasteiger partial charge in [0.1, 0.15) is 15.7 Å². The molecule has 1 fully saturated rings. The number of anilines is 3. The third kappa shape index (κ3) is 3.86. The van der Waals surface area contributed by atoms with Crippen LogP contribution in [0, 0.1) is 11.3 Å². The van der Waals surface area contributed by atoms with E-state index in [9.17, 15) is 10.1 Å². The highest BCUT2D eigenvalue weighted by Gasteiger charge is 2.23. The lowest BCUT2D eigenvalue weighted by atomic mass is 10.1. The fraction of sp³-hybridized carbons (Fsp3) is 0.333. The Kier molecular flexibility index (Phi) is 5.68. The summed E-state index contributed by atoms with van der Waals surface area (Å²) in [6, 6.07) is 9.29. The van der Waals surface area contributed by atoms with Crippen molar-refractivity contribution in [2.24, 2.45) is 7.05 Å². The van der Waals surface area contributed by atoms with Crippen LogP contribution >= 0.6 is 11.3 Å². The molecule has 0 spiro atoms. The molecule has 1 aromatic carbocycles. The molecule has 1 amide bonds. The van der Waals surface area contributed by atoms with E-state index in [0.29, 0.717) is 26.8 Å². The lowest BCUT2D eigenvalue weighted by Gasteiger charge is -2.23. The molecule has 1 aliphatic rings. The lowest BCUT2D eigenvalue weighted by molar-refractivity contribution is 0.102. The molecular weight excluding hydrogens is 398 g/mol. The predicted molar refractivity (Wildman–Crippen MR) is 119 cm³/mol. The van der Waals surface area contributed by atoms with Crippen molar-refractivity contribution < 1.29 is 4.79 Å². The number of carbonyl (C=O) groups is 1. The number of rotatable bonds is 4. The molecule has 3 aromatic rings. The summed E-state index contributed by atoms with van der Waals surface area (Å²) in [5, 5.41) is 17.5. The van der Waals surface area contributed by atoms with E-state index in [0.717, 1.165) is 31.7 Å². The summed E-state index contributed by atoms with van der Waals surface area (Å²) in [5.41, 5.74) is 8.09. The van der Waals surface area contributed by atoms with Crippen molar-refractivity contribution in [1.82, 2.24) is 14.8 Å². The van der Waals surface area contributed by atoms with Gasteiger partial charge in [0.2, 0.25) is 0 Å². The van der Waals surface area contributed by atoms with Gasteiger partial charge in [-0.15, -0.1) is 0 Å². The minimum atomic E-state index is -0.381. The van der Waals surface area contributed by atoms with Gasteiger partial charge in [0.05, 0.1) is 17.8 Å².